The Morgan fingerprint density at radius 2 is 1.94 bits per heavy atom. The summed E-state index contributed by atoms with van der Waals surface area (Å²) in [6.07, 6.45) is -3.96. The average molecular weight is 320 g/mol. The van der Waals surface area contributed by atoms with Gasteiger partial charge in [-0.1, -0.05) is 15.9 Å². The van der Waals surface area contributed by atoms with Crippen molar-refractivity contribution in [1.29, 1.82) is 0 Å². The van der Waals surface area contributed by atoms with Crippen molar-refractivity contribution in [2.75, 3.05) is 0 Å². The number of halogens is 4. The molecule has 18 heavy (non-hydrogen) atoms. The molecular weight excluding hydrogens is 311 g/mol. The molecule has 1 unspecified atom stereocenters. The summed E-state index contributed by atoms with van der Waals surface area (Å²) in [6, 6.07) is 6.46. The van der Waals surface area contributed by atoms with Crippen molar-refractivity contribution in [3.05, 3.63) is 57.8 Å². The van der Waals surface area contributed by atoms with Crippen LogP contribution in [0.2, 0.25) is 0 Å². The Morgan fingerprint density at radius 1 is 1.22 bits per heavy atom. The van der Waals surface area contributed by atoms with E-state index in [-0.39, 0.29) is 5.56 Å². The van der Waals surface area contributed by atoms with Crippen LogP contribution in [0.5, 0.6) is 0 Å². The van der Waals surface area contributed by atoms with Crippen LogP contribution in [0.3, 0.4) is 0 Å². The van der Waals surface area contributed by atoms with Gasteiger partial charge < -0.3 is 10.1 Å². The first-order chi connectivity index (χ1) is 8.39. The number of aliphatic hydroxyl groups excluding tert-OH is 1. The highest BCUT2D eigenvalue weighted by Gasteiger charge is 2.31. The van der Waals surface area contributed by atoms with Crippen molar-refractivity contribution in [3.63, 3.8) is 0 Å². The molecule has 0 aliphatic carbocycles. The molecule has 0 aliphatic rings. The van der Waals surface area contributed by atoms with Gasteiger partial charge in [-0.15, -0.1) is 0 Å². The number of alkyl halides is 3. The number of hydrogen-bond acceptors (Lipinski definition) is 1. The van der Waals surface area contributed by atoms with E-state index in [2.05, 4.69) is 20.9 Å². The van der Waals surface area contributed by atoms with Crippen molar-refractivity contribution >= 4 is 15.9 Å². The van der Waals surface area contributed by atoms with Crippen LogP contribution < -0.4 is 0 Å². The van der Waals surface area contributed by atoms with Gasteiger partial charge in [0.2, 0.25) is 0 Å². The Bertz CT molecular complexity index is 537. The van der Waals surface area contributed by atoms with Gasteiger partial charge in [-0.05, 0) is 30.3 Å². The van der Waals surface area contributed by atoms with E-state index >= 15 is 0 Å². The summed E-state index contributed by atoms with van der Waals surface area (Å²) in [5.74, 6) is 0. The molecule has 1 aromatic heterocycles. The minimum absolute atomic E-state index is 0.173. The molecular formula is C12H9BrF3NO. The van der Waals surface area contributed by atoms with E-state index in [0.717, 1.165) is 12.1 Å². The molecule has 0 radical (unpaired) electrons. The largest absolute Gasteiger partial charge is 0.416 e. The molecule has 0 saturated heterocycles. The van der Waals surface area contributed by atoms with Crippen LogP contribution >= 0.6 is 15.9 Å². The fourth-order valence-corrected chi connectivity index (χ4v) is 2.07. The van der Waals surface area contributed by atoms with Gasteiger partial charge in [0, 0.05) is 21.9 Å². The number of hydrogen-bond donors (Lipinski definition) is 2. The SMILES string of the molecule is OC(c1ccc[nH]1)c1cc(C(F)(F)F)ccc1Br. The van der Waals surface area contributed by atoms with Gasteiger partial charge in [0.15, 0.2) is 0 Å². The Balaban J connectivity index is 2.44. The van der Waals surface area contributed by atoms with Crippen LogP contribution in [0, 0.1) is 0 Å². The molecule has 2 aromatic rings. The zero-order chi connectivity index (χ0) is 13.3. The molecule has 0 amide bonds. The van der Waals surface area contributed by atoms with Gasteiger partial charge in [-0.3, -0.25) is 0 Å². The van der Waals surface area contributed by atoms with Gasteiger partial charge in [0.25, 0.3) is 0 Å². The normalized spacial score (nSPS) is 13.6. The molecule has 96 valence electrons. The zero-order valence-electron chi connectivity index (χ0n) is 9.00. The van der Waals surface area contributed by atoms with E-state index in [1.807, 2.05) is 0 Å². The summed E-state index contributed by atoms with van der Waals surface area (Å²) < 4.78 is 38.2. The second-order valence-corrected chi connectivity index (χ2v) is 4.62. The third-order valence-corrected chi connectivity index (χ3v) is 3.26. The van der Waals surface area contributed by atoms with Gasteiger partial charge in [-0.2, -0.15) is 13.2 Å². The number of aromatic amines is 1. The van der Waals surface area contributed by atoms with E-state index in [9.17, 15) is 18.3 Å². The van der Waals surface area contributed by atoms with E-state index in [1.54, 1.807) is 18.3 Å². The molecule has 6 heteroatoms. The fourth-order valence-electron chi connectivity index (χ4n) is 1.61. The molecule has 1 aromatic carbocycles. The van der Waals surface area contributed by atoms with Crippen LogP contribution in [-0.4, -0.2) is 10.1 Å². The highest BCUT2D eigenvalue weighted by atomic mass is 79.9. The topological polar surface area (TPSA) is 36.0 Å². The maximum Gasteiger partial charge on any atom is 0.416 e. The van der Waals surface area contributed by atoms with Crippen molar-refractivity contribution in [2.45, 2.75) is 12.3 Å². The van der Waals surface area contributed by atoms with Gasteiger partial charge in [0.1, 0.15) is 6.10 Å². The standard InChI is InChI=1S/C12H9BrF3NO/c13-9-4-3-7(12(14,15)16)6-8(9)11(18)10-2-1-5-17-10/h1-6,11,17-18H. The number of aromatic nitrogens is 1. The van der Waals surface area contributed by atoms with Crippen molar-refractivity contribution in [3.8, 4) is 0 Å². The average Bonchev–Trinajstić information content (AvgIpc) is 2.80. The molecule has 2 nitrogen and oxygen atoms in total. The third kappa shape index (κ3) is 2.59. The smallest absolute Gasteiger partial charge is 0.382 e. The summed E-state index contributed by atoms with van der Waals surface area (Å²) in [5.41, 5.74) is -0.173. The lowest BCUT2D eigenvalue weighted by molar-refractivity contribution is -0.137. The zero-order valence-corrected chi connectivity index (χ0v) is 10.6. The first-order valence-electron chi connectivity index (χ1n) is 5.07. The predicted molar refractivity (Wildman–Crippen MR) is 64.0 cm³/mol. The highest BCUT2D eigenvalue weighted by molar-refractivity contribution is 9.10. The third-order valence-electron chi connectivity index (χ3n) is 2.53. The molecule has 1 atom stereocenters. The lowest BCUT2D eigenvalue weighted by Crippen LogP contribution is -2.08. The molecule has 2 N–H and O–H groups in total. The second kappa shape index (κ2) is 4.78. The molecule has 0 fully saturated rings. The predicted octanol–water partition coefficient (Wildman–Crippen LogP) is 3.88. The van der Waals surface area contributed by atoms with Gasteiger partial charge in [-0.25, -0.2) is 0 Å². The van der Waals surface area contributed by atoms with E-state index in [1.165, 1.54) is 6.07 Å². The van der Waals surface area contributed by atoms with Crippen molar-refractivity contribution in [2.24, 2.45) is 0 Å². The number of H-pyrrole nitrogens is 1. The molecule has 0 spiro atoms. The molecule has 0 saturated carbocycles. The summed E-state index contributed by atoms with van der Waals surface area (Å²) in [4.78, 5) is 2.77. The lowest BCUT2D eigenvalue weighted by Gasteiger charge is -2.14. The number of rotatable bonds is 2. The van der Waals surface area contributed by atoms with Crippen LogP contribution in [0.4, 0.5) is 13.2 Å². The highest BCUT2D eigenvalue weighted by Crippen LogP contribution is 2.35. The maximum absolute atomic E-state index is 12.6. The first kappa shape index (κ1) is 13.2. The second-order valence-electron chi connectivity index (χ2n) is 3.76. The van der Waals surface area contributed by atoms with Crippen molar-refractivity contribution in [1.82, 2.24) is 4.98 Å². The summed E-state index contributed by atoms with van der Waals surface area (Å²) in [5, 5.41) is 10.0. The minimum atomic E-state index is -4.43. The van der Waals surface area contributed by atoms with Gasteiger partial charge in [0.05, 0.1) is 5.56 Å². The number of aliphatic hydroxyl groups is 1. The van der Waals surface area contributed by atoms with E-state index < -0.39 is 17.8 Å². The Hall–Kier alpha value is -1.27. The first-order valence-corrected chi connectivity index (χ1v) is 5.87. The van der Waals surface area contributed by atoms with Crippen LogP contribution in [-0.2, 0) is 6.18 Å². The molecule has 0 bridgehead atoms. The van der Waals surface area contributed by atoms with Crippen molar-refractivity contribution < 1.29 is 18.3 Å². The minimum Gasteiger partial charge on any atom is -0.382 e. The molecule has 1 heterocycles. The maximum atomic E-state index is 12.6. The summed E-state index contributed by atoms with van der Waals surface area (Å²) in [6.45, 7) is 0. The fraction of sp³-hybridized carbons (Fsp3) is 0.167. The van der Waals surface area contributed by atoms with Crippen LogP contribution in [0.1, 0.15) is 22.9 Å². The number of benzene rings is 1. The number of nitrogens with one attached hydrogen (secondary N) is 1. The quantitative estimate of drug-likeness (QED) is 0.866. The van der Waals surface area contributed by atoms with E-state index in [0.29, 0.717) is 10.2 Å². The molecule has 2 rings (SSSR count). The summed E-state index contributed by atoms with van der Waals surface area (Å²) in [7, 11) is 0. The Kier molecular flexibility index (Phi) is 3.49. The Labute approximate surface area is 110 Å². The monoisotopic (exact) mass is 319 g/mol. The van der Waals surface area contributed by atoms with Crippen LogP contribution in [0.25, 0.3) is 0 Å². The molecule has 0 aliphatic heterocycles. The lowest BCUT2D eigenvalue weighted by atomic mass is 10.0. The van der Waals surface area contributed by atoms with E-state index in [4.69, 9.17) is 0 Å². The summed E-state index contributed by atoms with van der Waals surface area (Å²) >= 11 is 3.14. The van der Waals surface area contributed by atoms with Gasteiger partial charge >= 0.3 is 6.18 Å². The van der Waals surface area contributed by atoms with Crippen LogP contribution in [0.15, 0.2) is 41.0 Å². The Morgan fingerprint density at radius 3 is 2.50 bits per heavy atom.